The summed E-state index contributed by atoms with van der Waals surface area (Å²) in [5, 5.41) is 6.41. The molecule has 1 amide bonds. The summed E-state index contributed by atoms with van der Waals surface area (Å²) in [6, 6.07) is 10.5. The zero-order chi connectivity index (χ0) is 21.7. The molecule has 0 saturated heterocycles. The lowest BCUT2D eigenvalue weighted by Crippen LogP contribution is -2.56. The fourth-order valence-corrected chi connectivity index (χ4v) is 5.08. The number of rotatable bonds is 7. The van der Waals surface area contributed by atoms with Crippen LogP contribution in [0.4, 0.5) is 0 Å². The van der Waals surface area contributed by atoms with Crippen molar-refractivity contribution in [3.8, 4) is 0 Å². The van der Waals surface area contributed by atoms with Crippen molar-refractivity contribution in [1.82, 2.24) is 30.0 Å². The first-order valence-electron chi connectivity index (χ1n) is 11.0. The zero-order valence-corrected chi connectivity index (χ0v) is 17.6. The molecule has 3 fully saturated rings. The second kappa shape index (κ2) is 7.27. The van der Waals surface area contributed by atoms with Crippen molar-refractivity contribution < 1.29 is 4.79 Å². The van der Waals surface area contributed by atoms with Gasteiger partial charge in [0.25, 0.3) is 11.5 Å². The molecule has 32 heavy (non-hydrogen) atoms. The van der Waals surface area contributed by atoms with Crippen molar-refractivity contribution in [2.24, 2.45) is 11.3 Å². The van der Waals surface area contributed by atoms with E-state index in [9.17, 15) is 9.59 Å². The van der Waals surface area contributed by atoms with E-state index < -0.39 is 5.91 Å². The highest BCUT2D eigenvalue weighted by atomic mass is 16.2. The quantitative estimate of drug-likeness (QED) is 0.419. The van der Waals surface area contributed by atoms with Crippen LogP contribution < -0.4 is 16.2 Å². The molecule has 0 atom stereocenters. The Balaban J connectivity index is 1.10. The average molecular weight is 428 g/mol. The molecule has 2 bridgehead atoms. The molecule has 3 saturated carbocycles. The minimum Gasteiger partial charge on any atom is -0.356 e. The van der Waals surface area contributed by atoms with E-state index in [-0.39, 0.29) is 11.3 Å². The van der Waals surface area contributed by atoms with E-state index in [1.165, 1.54) is 29.7 Å². The minimum atomic E-state index is -0.390. The van der Waals surface area contributed by atoms with E-state index >= 15 is 0 Å². The first kappa shape index (κ1) is 19.2. The zero-order valence-electron chi connectivity index (χ0n) is 17.6. The minimum absolute atomic E-state index is 0.104. The third-order valence-electron chi connectivity index (χ3n) is 6.82. The van der Waals surface area contributed by atoms with Gasteiger partial charge in [0, 0.05) is 43.8 Å². The summed E-state index contributed by atoms with van der Waals surface area (Å²) in [6.07, 6.45) is 7.58. The third kappa shape index (κ3) is 3.36. The molecule has 7 rings (SSSR count). The molecule has 162 valence electrons. The predicted molar refractivity (Wildman–Crippen MR) is 120 cm³/mol. The Labute approximate surface area is 184 Å². The van der Waals surface area contributed by atoms with Gasteiger partial charge < -0.3 is 15.6 Å². The Morgan fingerprint density at radius 1 is 1.19 bits per heavy atom. The Bertz CT molecular complexity index is 1390. The van der Waals surface area contributed by atoms with E-state index in [0.29, 0.717) is 17.6 Å². The highest BCUT2D eigenvalue weighted by Crippen LogP contribution is 2.63. The fourth-order valence-electron chi connectivity index (χ4n) is 5.08. The molecule has 4 aromatic heterocycles. The number of nitrogens with one attached hydrogen (secondary N) is 3. The van der Waals surface area contributed by atoms with Gasteiger partial charge in [0.1, 0.15) is 11.3 Å². The smallest absolute Gasteiger partial charge is 0.270 e. The predicted octanol–water partition coefficient (Wildman–Crippen LogP) is 2.39. The molecular weight excluding hydrogens is 404 g/mol. The second-order valence-electron chi connectivity index (χ2n) is 9.24. The molecule has 8 nitrogen and oxygen atoms in total. The number of pyridine rings is 2. The normalized spacial score (nSPS) is 21.3. The number of hydrogen-bond acceptors (Lipinski definition) is 5. The fraction of sp³-hybridized carbons (Fsp3) is 0.333. The average Bonchev–Trinajstić information content (AvgIpc) is 3.15. The van der Waals surface area contributed by atoms with Crippen molar-refractivity contribution in [3.05, 3.63) is 76.1 Å². The topological polar surface area (TPSA) is 104 Å². The van der Waals surface area contributed by atoms with E-state index in [4.69, 9.17) is 0 Å². The van der Waals surface area contributed by atoms with Gasteiger partial charge in [-0.15, -0.1) is 0 Å². The lowest BCUT2D eigenvalue weighted by molar-refractivity contribution is -0.103. The van der Waals surface area contributed by atoms with Crippen molar-refractivity contribution in [1.29, 1.82) is 0 Å². The number of aromatic amines is 1. The third-order valence-corrected chi connectivity index (χ3v) is 6.82. The maximum absolute atomic E-state index is 12.6. The second-order valence-corrected chi connectivity index (χ2v) is 9.24. The molecule has 0 spiro atoms. The van der Waals surface area contributed by atoms with Gasteiger partial charge in [-0.1, -0.05) is 6.07 Å². The molecule has 3 aliphatic rings. The van der Waals surface area contributed by atoms with Gasteiger partial charge in [0.2, 0.25) is 0 Å². The summed E-state index contributed by atoms with van der Waals surface area (Å²) in [4.78, 5) is 37.0. The SMILES string of the molecule is O=C(NCc1cnc2cc(CNCC34CC(C3)C4)[nH]c2c1)c1cc(=O)n2ccccc2n1. The number of H-pyrrole nitrogens is 1. The van der Waals surface area contributed by atoms with Gasteiger partial charge in [-0.2, -0.15) is 0 Å². The standard InChI is InChI=1S/C24H24N6O2/c31-22-7-20(29-21-3-1-2-4-30(21)22)23(32)27-12-15-5-19-18(26-11-15)6-17(28-19)13-25-14-24-8-16(9-24)10-24/h1-7,11,16,25,28H,8-10,12-14H2,(H,27,32). The number of carbonyl (C=O) groups is 1. The van der Waals surface area contributed by atoms with Crippen LogP contribution in [-0.2, 0) is 13.1 Å². The summed E-state index contributed by atoms with van der Waals surface area (Å²) in [7, 11) is 0. The number of fused-ring (bicyclic) bond motifs is 2. The summed E-state index contributed by atoms with van der Waals surface area (Å²) in [5.74, 6) is 0.616. The lowest BCUT2D eigenvalue weighted by Gasteiger charge is -2.62. The van der Waals surface area contributed by atoms with Crippen LogP contribution in [0.1, 0.15) is 41.0 Å². The molecule has 0 aromatic carbocycles. The van der Waals surface area contributed by atoms with E-state index in [1.54, 1.807) is 30.6 Å². The van der Waals surface area contributed by atoms with Gasteiger partial charge in [-0.25, -0.2) is 4.98 Å². The Kier molecular flexibility index (Phi) is 4.36. The molecule has 4 heterocycles. The molecule has 0 unspecified atom stereocenters. The molecule has 0 aliphatic heterocycles. The van der Waals surface area contributed by atoms with E-state index in [2.05, 4.69) is 31.7 Å². The Morgan fingerprint density at radius 2 is 2.06 bits per heavy atom. The molecule has 3 N–H and O–H groups in total. The van der Waals surface area contributed by atoms with Crippen LogP contribution in [0.25, 0.3) is 16.7 Å². The van der Waals surface area contributed by atoms with Crippen LogP contribution in [-0.4, -0.2) is 31.8 Å². The number of carbonyl (C=O) groups excluding carboxylic acids is 1. The highest BCUT2D eigenvalue weighted by molar-refractivity contribution is 5.92. The van der Waals surface area contributed by atoms with Crippen LogP contribution in [0.5, 0.6) is 0 Å². The van der Waals surface area contributed by atoms with Crippen molar-refractivity contribution in [2.45, 2.75) is 32.4 Å². The summed E-state index contributed by atoms with van der Waals surface area (Å²) in [5.41, 5.74) is 4.69. The van der Waals surface area contributed by atoms with E-state index in [0.717, 1.165) is 41.3 Å². The molecule has 4 aromatic rings. The van der Waals surface area contributed by atoms with Crippen LogP contribution in [0.3, 0.4) is 0 Å². The largest absolute Gasteiger partial charge is 0.356 e. The van der Waals surface area contributed by atoms with Gasteiger partial charge in [0.05, 0.1) is 11.0 Å². The van der Waals surface area contributed by atoms with Crippen LogP contribution >= 0.6 is 0 Å². The molecule has 8 heteroatoms. The monoisotopic (exact) mass is 428 g/mol. The molecule has 3 aliphatic carbocycles. The van der Waals surface area contributed by atoms with Crippen LogP contribution in [0.2, 0.25) is 0 Å². The lowest BCUT2D eigenvalue weighted by atomic mass is 9.44. The molecular formula is C24H24N6O2. The van der Waals surface area contributed by atoms with Crippen molar-refractivity contribution in [2.75, 3.05) is 6.54 Å². The summed E-state index contributed by atoms with van der Waals surface area (Å²) in [6.45, 7) is 2.20. The summed E-state index contributed by atoms with van der Waals surface area (Å²) >= 11 is 0. The van der Waals surface area contributed by atoms with Crippen molar-refractivity contribution >= 4 is 22.6 Å². The number of hydrogen-bond donors (Lipinski definition) is 3. The number of amides is 1. The van der Waals surface area contributed by atoms with Gasteiger partial charge in [-0.3, -0.25) is 19.0 Å². The summed E-state index contributed by atoms with van der Waals surface area (Å²) < 4.78 is 1.40. The Morgan fingerprint density at radius 3 is 2.88 bits per heavy atom. The van der Waals surface area contributed by atoms with Gasteiger partial charge >= 0.3 is 0 Å². The Hall–Kier alpha value is -3.52. The molecule has 0 radical (unpaired) electrons. The highest BCUT2D eigenvalue weighted by Gasteiger charge is 2.55. The first-order valence-corrected chi connectivity index (χ1v) is 11.0. The first-order chi connectivity index (χ1) is 15.6. The van der Waals surface area contributed by atoms with Crippen LogP contribution in [0, 0.1) is 11.3 Å². The van der Waals surface area contributed by atoms with Gasteiger partial charge in [0.15, 0.2) is 0 Å². The van der Waals surface area contributed by atoms with E-state index in [1.807, 2.05) is 6.07 Å². The van der Waals surface area contributed by atoms with Gasteiger partial charge in [-0.05, 0) is 60.4 Å². The van der Waals surface area contributed by atoms with Crippen molar-refractivity contribution in [3.63, 3.8) is 0 Å². The number of nitrogens with zero attached hydrogens (tertiary/aromatic N) is 3. The maximum Gasteiger partial charge on any atom is 0.270 e. The number of aromatic nitrogens is 4. The van der Waals surface area contributed by atoms with Crippen LogP contribution in [0.15, 0.2) is 53.6 Å². The maximum atomic E-state index is 12.6.